The molecule has 7 nitrogen and oxygen atoms in total. The molecular formula is C32H38N4O3S. The molecule has 3 heterocycles. The summed E-state index contributed by atoms with van der Waals surface area (Å²) in [6, 6.07) is 20.0. The Morgan fingerprint density at radius 2 is 1.73 bits per heavy atom. The summed E-state index contributed by atoms with van der Waals surface area (Å²) in [5.74, 6) is 0.536. The van der Waals surface area contributed by atoms with E-state index in [4.69, 9.17) is 4.74 Å². The lowest BCUT2D eigenvalue weighted by molar-refractivity contribution is -0.124. The van der Waals surface area contributed by atoms with Gasteiger partial charge in [-0.25, -0.2) is 0 Å². The molecule has 2 amide bonds. The third-order valence-corrected chi connectivity index (χ3v) is 9.69. The van der Waals surface area contributed by atoms with Crippen molar-refractivity contribution in [3.8, 4) is 5.75 Å². The highest BCUT2D eigenvalue weighted by atomic mass is 32.1. The maximum Gasteiger partial charge on any atom is 0.254 e. The van der Waals surface area contributed by atoms with Crippen LogP contribution in [0.25, 0.3) is 0 Å². The zero-order valence-electron chi connectivity index (χ0n) is 23.1. The largest absolute Gasteiger partial charge is 0.497 e. The standard InChI is InChI=1S/C32H38N4O3S/c1-39-25-14-12-23(13-15-25)35-20-18-34(19-21-35)17-16-33-31(37)29-26-9-4-5-10-27(26)32(38)36(24-7-2-3-8-24)30(29)28-11-6-22-40-28/h4-6,9-15,22,24,29-30H,2-3,7-8,16-21H2,1H3,(H,33,37)/t29-,30-/m1/s1. The molecule has 0 spiro atoms. The summed E-state index contributed by atoms with van der Waals surface area (Å²) < 4.78 is 5.28. The first kappa shape index (κ1) is 26.8. The Morgan fingerprint density at radius 3 is 2.42 bits per heavy atom. The predicted molar refractivity (Wildman–Crippen MR) is 159 cm³/mol. The van der Waals surface area contributed by atoms with Gasteiger partial charge in [-0.1, -0.05) is 37.1 Å². The number of carbonyl (C=O) groups is 2. The van der Waals surface area contributed by atoms with Gasteiger partial charge in [0.25, 0.3) is 5.91 Å². The van der Waals surface area contributed by atoms with Gasteiger partial charge >= 0.3 is 0 Å². The second kappa shape index (κ2) is 12.0. The van der Waals surface area contributed by atoms with Gasteiger partial charge in [0.15, 0.2) is 0 Å². The Hall–Kier alpha value is -3.36. The third-order valence-electron chi connectivity index (χ3n) is 8.75. The van der Waals surface area contributed by atoms with Crippen molar-refractivity contribution in [2.45, 2.75) is 43.7 Å². The fourth-order valence-corrected chi connectivity index (χ4v) is 7.51. The van der Waals surface area contributed by atoms with Crippen LogP contribution in [0.1, 0.15) is 58.4 Å². The number of benzene rings is 2. The van der Waals surface area contributed by atoms with Crippen molar-refractivity contribution in [1.29, 1.82) is 0 Å². The summed E-state index contributed by atoms with van der Waals surface area (Å²) in [6.07, 6.45) is 4.28. The Labute approximate surface area is 240 Å². The minimum atomic E-state index is -0.417. The van der Waals surface area contributed by atoms with Crippen LogP contribution in [0, 0.1) is 0 Å². The van der Waals surface area contributed by atoms with Crippen molar-refractivity contribution >= 4 is 28.8 Å². The van der Waals surface area contributed by atoms with E-state index >= 15 is 0 Å². The van der Waals surface area contributed by atoms with E-state index in [1.54, 1.807) is 18.4 Å². The molecule has 6 rings (SSSR count). The number of hydrogen-bond acceptors (Lipinski definition) is 6. The summed E-state index contributed by atoms with van der Waals surface area (Å²) in [7, 11) is 1.69. The van der Waals surface area contributed by atoms with E-state index in [9.17, 15) is 9.59 Å². The minimum absolute atomic E-state index is 0.0122. The first-order valence-corrected chi connectivity index (χ1v) is 15.4. The van der Waals surface area contributed by atoms with Gasteiger partial charge in [-0.05, 0) is 60.2 Å². The molecule has 3 aliphatic rings. The molecule has 0 radical (unpaired) electrons. The van der Waals surface area contributed by atoms with E-state index in [2.05, 4.69) is 38.2 Å². The molecule has 0 unspecified atom stereocenters. The fourth-order valence-electron chi connectivity index (χ4n) is 6.65. The van der Waals surface area contributed by atoms with E-state index in [0.29, 0.717) is 12.1 Å². The molecule has 1 aromatic heterocycles. The number of nitrogens with zero attached hydrogens (tertiary/aromatic N) is 3. The smallest absolute Gasteiger partial charge is 0.254 e. The van der Waals surface area contributed by atoms with Crippen LogP contribution in [0.5, 0.6) is 5.75 Å². The van der Waals surface area contributed by atoms with Crippen LogP contribution >= 0.6 is 11.3 Å². The zero-order chi connectivity index (χ0) is 27.5. The highest BCUT2D eigenvalue weighted by Gasteiger charge is 2.47. The number of piperazine rings is 1. The SMILES string of the molecule is COc1ccc(N2CCN(CCNC(=O)[C@@H]3c4ccccc4C(=O)N(C4CCCC4)[C@@H]3c3cccs3)CC2)cc1. The van der Waals surface area contributed by atoms with E-state index in [1.807, 2.05) is 47.8 Å². The van der Waals surface area contributed by atoms with Crippen LogP contribution in [-0.4, -0.2) is 74.0 Å². The lowest BCUT2D eigenvalue weighted by atomic mass is 9.80. The maximum atomic E-state index is 14.0. The van der Waals surface area contributed by atoms with Crippen molar-refractivity contribution < 1.29 is 14.3 Å². The first-order chi connectivity index (χ1) is 19.6. The lowest BCUT2D eigenvalue weighted by Gasteiger charge is -2.44. The summed E-state index contributed by atoms with van der Waals surface area (Å²) in [5.41, 5.74) is 2.74. The Kier molecular flexibility index (Phi) is 8.07. The molecule has 2 fully saturated rings. The van der Waals surface area contributed by atoms with Crippen molar-refractivity contribution in [2.75, 3.05) is 51.3 Å². The molecule has 210 valence electrons. The van der Waals surface area contributed by atoms with Gasteiger partial charge in [0, 0.05) is 61.4 Å². The average molecular weight is 559 g/mol. The summed E-state index contributed by atoms with van der Waals surface area (Å²) in [5, 5.41) is 5.32. The number of carbonyl (C=O) groups excluding carboxylic acids is 2. The minimum Gasteiger partial charge on any atom is -0.497 e. The molecule has 1 saturated heterocycles. The number of thiophene rings is 1. The number of fused-ring (bicyclic) bond motifs is 1. The van der Waals surface area contributed by atoms with Gasteiger partial charge in [0.2, 0.25) is 5.91 Å². The molecule has 0 bridgehead atoms. The van der Waals surface area contributed by atoms with Crippen molar-refractivity contribution in [3.05, 3.63) is 82.0 Å². The van der Waals surface area contributed by atoms with Crippen molar-refractivity contribution in [3.63, 3.8) is 0 Å². The molecular weight excluding hydrogens is 520 g/mol. The van der Waals surface area contributed by atoms with Crippen LogP contribution in [0.4, 0.5) is 5.69 Å². The van der Waals surface area contributed by atoms with Gasteiger partial charge in [-0.2, -0.15) is 0 Å². The Balaban J connectivity index is 1.13. The monoisotopic (exact) mass is 558 g/mol. The average Bonchev–Trinajstić information content (AvgIpc) is 3.73. The highest BCUT2D eigenvalue weighted by Crippen LogP contribution is 2.47. The van der Waals surface area contributed by atoms with Crippen LogP contribution < -0.4 is 15.0 Å². The number of methoxy groups -OCH3 is 1. The first-order valence-electron chi connectivity index (χ1n) is 14.5. The molecule has 2 aliphatic heterocycles. The fraction of sp³-hybridized carbons (Fsp3) is 0.438. The molecule has 2 aromatic carbocycles. The molecule has 3 aromatic rings. The number of nitrogens with one attached hydrogen (secondary N) is 1. The number of hydrogen-bond donors (Lipinski definition) is 1. The van der Waals surface area contributed by atoms with Gasteiger partial charge in [0.05, 0.1) is 19.1 Å². The molecule has 2 atom stereocenters. The second-order valence-corrected chi connectivity index (χ2v) is 12.0. The van der Waals surface area contributed by atoms with Gasteiger partial charge in [-0.3, -0.25) is 14.5 Å². The summed E-state index contributed by atoms with van der Waals surface area (Å²) >= 11 is 1.64. The quantitative estimate of drug-likeness (QED) is 0.425. The normalized spacial score (nSPS) is 21.9. The number of rotatable bonds is 8. The van der Waals surface area contributed by atoms with Crippen molar-refractivity contribution in [1.82, 2.24) is 15.1 Å². The number of anilines is 1. The van der Waals surface area contributed by atoms with Gasteiger partial charge in [0.1, 0.15) is 5.75 Å². The topological polar surface area (TPSA) is 65.1 Å². The maximum absolute atomic E-state index is 14.0. The molecule has 1 N–H and O–H groups in total. The zero-order valence-corrected chi connectivity index (χ0v) is 23.9. The third kappa shape index (κ3) is 5.34. The van der Waals surface area contributed by atoms with Crippen LogP contribution in [0.3, 0.4) is 0 Å². The van der Waals surface area contributed by atoms with E-state index in [1.165, 1.54) is 5.69 Å². The number of ether oxygens (including phenoxy) is 1. The molecule has 1 saturated carbocycles. The van der Waals surface area contributed by atoms with Gasteiger partial charge < -0.3 is 19.9 Å². The van der Waals surface area contributed by atoms with E-state index in [0.717, 1.165) is 74.6 Å². The highest BCUT2D eigenvalue weighted by molar-refractivity contribution is 7.10. The Bertz CT molecular complexity index is 1300. The molecule has 40 heavy (non-hydrogen) atoms. The number of amides is 2. The second-order valence-electron chi connectivity index (χ2n) is 11.0. The Morgan fingerprint density at radius 1 is 0.975 bits per heavy atom. The van der Waals surface area contributed by atoms with Gasteiger partial charge in [-0.15, -0.1) is 11.3 Å². The molecule has 8 heteroatoms. The van der Waals surface area contributed by atoms with Crippen LogP contribution in [-0.2, 0) is 4.79 Å². The lowest BCUT2D eigenvalue weighted by Crippen LogP contribution is -2.52. The predicted octanol–water partition coefficient (Wildman–Crippen LogP) is 4.92. The van der Waals surface area contributed by atoms with Crippen LogP contribution in [0.15, 0.2) is 66.0 Å². The summed E-state index contributed by atoms with van der Waals surface area (Å²) in [6.45, 7) is 5.22. The van der Waals surface area contributed by atoms with E-state index < -0.39 is 5.92 Å². The molecule has 1 aliphatic carbocycles. The summed E-state index contributed by atoms with van der Waals surface area (Å²) in [4.78, 5) is 35.8. The van der Waals surface area contributed by atoms with E-state index in [-0.39, 0.29) is 23.9 Å². The van der Waals surface area contributed by atoms with Crippen molar-refractivity contribution in [2.24, 2.45) is 0 Å². The van der Waals surface area contributed by atoms with Crippen LogP contribution in [0.2, 0.25) is 0 Å².